The number of fused-ring (bicyclic) bond motifs is 5. The van der Waals surface area contributed by atoms with Crippen LogP contribution < -0.4 is 14.8 Å². The summed E-state index contributed by atoms with van der Waals surface area (Å²) in [5.74, 6) is -1.45. The maximum absolute atomic E-state index is 15.1. The number of ketones is 1. The highest BCUT2D eigenvalue weighted by Gasteiger charge is 2.63. The molecule has 318 valence electrons. The third kappa shape index (κ3) is 7.43. The van der Waals surface area contributed by atoms with Crippen LogP contribution in [-0.4, -0.2) is 77.1 Å². The summed E-state index contributed by atoms with van der Waals surface area (Å²) in [4.78, 5) is 64.0. The summed E-state index contributed by atoms with van der Waals surface area (Å²) in [6.07, 6.45) is 12.8. The Kier molecular flexibility index (Phi) is 9.94. The van der Waals surface area contributed by atoms with E-state index in [9.17, 15) is 22.8 Å². The Labute approximate surface area is 345 Å². The lowest BCUT2D eigenvalue weighted by atomic mass is 9.85. The predicted octanol–water partition coefficient (Wildman–Crippen LogP) is 7.07. The van der Waals surface area contributed by atoms with E-state index in [2.05, 4.69) is 23.9 Å². The molecule has 2 aromatic rings. The molecule has 59 heavy (non-hydrogen) atoms. The molecule has 1 aromatic heterocycles. The van der Waals surface area contributed by atoms with Crippen LogP contribution in [0, 0.1) is 22.6 Å². The topological polar surface area (TPSA) is 161 Å². The van der Waals surface area contributed by atoms with E-state index in [4.69, 9.17) is 14.5 Å². The second-order valence-electron chi connectivity index (χ2n) is 19.7. The highest BCUT2D eigenvalue weighted by atomic mass is 32.2. The molecular formula is C45H57FN4O8S. The number of hydrogen-bond donors (Lipinski definition) is 2. The minimum Gasteiger partial charge on any atom is -0.483 e. The van der Waals surface area contributed by atoms with Crippen LogP contribution in [0.5, 0.6) is 5.75 Å². The summed E-state index contributed by atoms with van der Waals surface area (Å²) in [5.41, 5.74) is -0.582. The van der Waals surface area contributed by atoms with Gasteiger partial charge in [-0.15, -0.1) is 0 Å². The number of carbonyl (C=O) groups is 4. The Balaban J connectivity index is 1.06. The number of ether oxygens (including phenoxy) is 2. The highest BCUT2D eigenvalue weighted by Crippen LogP contribution is 2.58. The van der Waals surface area contributed by atoms with E-state index in [-0.39, 0.29) is 48.5 Å². The first-order valence-electron chi connectivity index (χ1n) is 21.9. The first-order chi connectivity index (χ1) is 28.0. The van der Waals surface area contributed by atoms with Crippen molar-refractivity contribution in [1.29, 1.82) is 0 Å². The molecular weight excluding hydrogens is 776 g/mol. The van der Waals surface area contributed by atoms with E-state index in [1.54, 1.807) is 17.9 Å². The van der Waals surface area contributed by atoms with Crippen molar-refractivity contribution in [2.24, 2.45) is 16.7 Å². The number of halogens is 1. The number of carbonyl (C=O) groups excluding carboxylic acids is 4. The fourth-order valence-electron chi connectivity index (χ4n) is 10.3. The molecule has 0 radical (unpaired) electrons. The zero-order valence-corrected chi connectivity index (χ0v) is 35.3. The quantitative estimate of drug-likeness (QED) is 0.290. The van der Waals surface area contributed by atoms with Crippen LogP contribution in [0.1, 0.15) is 141 Å². The SMILES string of the molecule is CC1(C)CCCC1OC(=O)N[C@H]1CCCCC/C=C\[C@@H]2C[C@@]2(C(=O)NS(=O)(=O)C2(C)CC2)CC(=O)[C@@H]2C[C@]3(CCc4c(c(C5CC5)nc5c(F)cccc45)O3)CN2C1=O. The van der Waals surface area contributed by atoms with E-state index in [1.807, 2.05) is 18.2 Å². The molecule has 1 saturated heterocycles. The molecule has 0 bridgehead atoms. The van der Waals surface area contributed by atoms with E-state index in [0.717, 1.165) is 56.9 Å². The molecule has 4 aliphatic carbocycles. The van der Waals surface area contributed by atoms with Crippen molar-refractivity contribution in [3.8, 4) is 5.75 Å². The molecule has 1 unspecified atom stereocenters. The number of nitrogens with zero attached hydrogens (tertiary/aromatic N) is 2. The van der Waals surface area contributed by atoms with Gasteiger partial charge in [-0.1, -0.05) is 51.0 Å². The van der Waals surface area contributed by atoms with Gasteiger partial charge in [0.2, 0.25) is 21.8 Å². The van der Waals surface area contributed by atoms with Gasteiger partial charge in [0.1, 0.15) is 34.8 Å². The maximum Gasteiger partial charge on any atom is 0.408 e. The van der Waals surface area contributed by atoms with Crippen molar-refractivity contribution in [2.75, 3.05) is 6.54 Å². The van der Waals surface area contributed by atoms with Crippen LogP contribution in [0.2, 0.25) is 0 Å². The molecule has 1 aromatic carbocycles. The van der Waals surface area contributed by atoms with Crippen molar-refractivity contribution >= 4 is 44.6 Å². The van der Waals surface area contributed by atoms with Gasteiger partial charge in [-0.3, -0.25) is 19.1 Å². The first kappa shape index (κ1) is 40.3. The van der Waals surface area contributed by atoms with Crippen LogP contribution >= 0.6 is 0 Å². The van der Waals surface area contributed by atoms with Crippen molar-refractivity contribution in [1.82, 2.24) is 19.9 Å². The first-order valence-corrected chi connectivity index (χ1v) is 23.4. The van der Waals surface area contributed by atoms with Gasteiger partial charge in [0.05, 0.1) is 28.4 Å². The number of rotatable bonds is 6. The van der Waals surface area contributed by atoms with Crippen molar-refractivity contribution in [2.45, 2.75) is 164 Å². The average molecular weight is 833 g/mol. The number of nitrogens with one attached hydrogen (secondary N) is 2. The van der Waals surface area contributed by atoms with E-state index < -0.39 is 61.6 Å². The molecule has 3 aliphatic heterocycles. The number of benzene rings is 1. The standard InChI is InChI=1S/C45H57FN4O8S/c1-42(2)19-10-15-35(42)57-41(54)47-32-14-8-6-4-5-7-11-28-23-45(28,40(53)49-59(55,56)43(3)21-22-43)25-34(51)33-24-44(26-50(33)39(32)52)20-18-30-29-12-9-13-31(46)37(29)48-36(27-16-17-27)38(30)58-44/h7,9,11-13,27-28,32-33,35H,4-6,8,10,14-26H2,1-3H3,(H,47,54)(H,49,53)/b11-7-/t28-,32+,33+,35?,44-,45-/m1/s1. The number of Topliss-reactive ketones (excluding diaryl/α,β-unsaturated/α-hetero) is 1. The number of amides is 3. The Hall–Kier alpha value is -4.07. The molecule has 3 amide bonds. The van der Waals surface area contributed by atoms with Gasteiger partial charge >= 0.3 is 6.09 Å². The van der Waals surface area contributed by atoms with Crippen LogP contribution in [0.4, 0.5) is 9.18 Å². The summed E-state index contributed by atoms with van der Waals surface area (Å²) in [5, 5.41) is 3.60. The van der Waals surface area contributed by atoms with Crippen molar-refractivity contribution in [3.05, 3.63) is 47.4 Å². The predicted molar refractivity (Wildman–Crippen MR) is 217 cm³/mol. The van der Waals surface area contributed by atoms with E-state index >= 15 is 9.18 Å². The van der Waals surface area contributed by atoms with Gasteiger partial charge in [0, 0.05) is 35.1 Å². The lowest BCUT2D eigenvalue weighted by Gasteiger charge is -2.37. The molecule has 4 heterocycles. The normalized spacial score (nSPS) is 33.1. The van der Waals surface area contributed by atoms with Crippen LogP contribution in [0.15, 0.2) is 30.4 Å². The molecule has 9 rings (SSSR count). The molecule has 6 atom stereocenters. The smallest absolute Gasteiger partial charge is 0.408 e. The number of aromatic nitrogens is 1. The molecule has 5 fully saturated rings. The fraction of sp³-hybridized carbons (Fsp3) is 0.667. The number of aryl methyl sites for hydroxylation is 1. The largest absolute Gasteiger partial charge is 0.483 e. The average Bonchev–Trinajstić information content (AvgIpc) is 4.14. The van der Waals surface area contributed by atoms with Gasteiger partial charge in [-0.05, 0) is 102 Å². The number of sulfonamides is 1. The third-order valence-electron chi connectivity index (χ3n) is 14.9. The van der Waals surface area contributed by atoms with Gasteiger partial charge in [-0.2, -0.15) is 0 Å². The van der Waals surface area contributed by atoms with Crippen molar-refractivity contribution in [3.63, 3.8) is 0 Å². The van der Waals surface area contributed by atoms with Crippen molar-refractivity contribution < 1.29 is 41.5 Å². The highest BCUT2D eigenvalue weighted by molar-refractivity contribution is 7.91. The van der Waals surface area contributed by atoms with Gasteiger partial charge < -0.3 is 19.7 Å². The minimum absolute atomic E-state index is 0.0606. The second-order valence-corrected chi connectivity index (χ2v) is 21.9. The molecule has 4 saturated carbocycles. The maximum atomic E-state index is 15.1. The van der Waals surface area contributed by atoms with Crippen LogP contribution in [0.3, 0.4) is 0 Å². The second kappa shape index (κ2) is 14.5. The number of para-hydroxylation sites is 1. The number of pyridine rings is 1. The Morgan fingerprint density at radius 2 is 1.78 bits per heavy atom. The van der Waals surface area contributed by atoms with Gasteiger partial charge in [0.15, 0.2) is 5.78 Å². The molecule has 14 heteroatoms. The van der Waals surface area contributed by atoms with E-state index in [1.165, 1.54) is 6.07 Å². The lowest BCUT2D eigenvalue weighted by molar-refractivity contribution is -0.140. The summed E-state index contributed by atoms with van der Waals surface area (Å²) in [7, 11) is -3.97. The van der Waals surface area contributed by atoms with Gasteiger partial charge in [-0.25, -0.2) is 22.6 Å². The molecule has 12 nitrogen and oxygen atoms in total. The Morgan fingerprint density at radius 3 is 2.51 bits per heavy atom. The monoisotopic (exact) mass is 832 g/mol. The minimum atomic E-state index is -3.97. The number of hydrogen-bond acceptors (Lipinski definition) is 9. The van der Waals surface area contributed by atoms with Gasteiger partial charge in [0.25, 0.3) is 0 Å². The molecule has 2 N–H and O–H groups in total. The Morgan fingerprint density at radius 1 is 0.983 bits per heavy atom. The van der Waals surface area contributed by atoms with Crippen LogP contribution in [-0.2, 0) is 35.6 Å². The zero-order valence-electron chi connectivity index (χ0n) is 34.4. The lowest BCUT2D eigenvalue weighted by Crippen LogP contribution is -2.53. The fourth-order valence-corrected chi connectivity index (χ4v) is 11.7. The third-order valence-corrected chi connectivity index (χ3v) is 17.0. The van der Waals surface area contributed by atoms with E-state index in [0.29, 0.717) is 67.3 Å². The zero-order chi connectivity index (χ0) is 41.5. The summed E-state index contributed by atoms with van der Waals surface area (Å²) >= 11 is 0. The number of alkyl carbamates (subject to hydrolysis) is 1. The Bertz CT molecular complexity index is 2240. The summed E-state index contributed by atoms with van der Waals surface area (Å²) in [6, 6.07) is 2.95. The molecule has 1 spiro atoms. The number of allylic oxidation sites excluding steroid dienone is 2. The van der Waals surface area contributed by atoms with Crippen LogP contribution in [0.25, 0.3) is 10.9 Å². The molecule has 7 aliphatic rings. The summed E-state index contributed by atoms with van der Waals surface area (Å²) in [6.45, 7) is 5.83. The summed E-state index contributed by atoms with van der Waals surface area (Å²) < 4.78 is 56.1.